The molecule has 0 saturated carbocycles. The van der Waals surface area contributed by atoms with Crippen LogP contribution in [-0.4, -0.2) is 28.2 Å². The van der Waals surface area contributed by atoms with Crippen molar-refractivity contribution in [2.24, 2.45) is 7.05 Å². The van der Waals surface area contributed by atoms with Gasteiger partial charge in [-0.1, -0.05) is 0 Å². The highest BCUT2D eigenvalue weighted by Crippen LogP contribution is 2.35. The van der Waals surface area contributed by atoms with E-state index in [0.717, 1.165) is 28.7 Å². The average Bonchev–Trinajstić information content (AvgIpc) is 3.10. The number of aryl methyl sites for hydroxylation is 1. The van der Waals surface area contributed by atoms with Gasteiger partial charge in [0.2, 0.25) is 5.95 Å². The summed E-state index contributed by atoms with van der Waals surface area (Å²) >= 11 is 0. The largest absolute Gasteiger partial charge is 0.321 e. The molecule has 26 heavy (non-hydrogen) atoms. The highest BCUT2D eigenvalue weighted by atomic mass is 32.2. The first kappa shape index (κ1) is 16.4. The van der Waals surface area contributed by atoms with E-state index in [1.54, 1.807) is 17.9 Å². The van der Waals surface area contributed by atoms with Crippen LogP contribution in [0.3, 0.4) is 0 Å². The van der Waals surface area contributed by atoms with Crippen molar-refractivity contribution in [3.63, 3.8) is 0 Å². The maximum absolute atomic E-state index is 14.3. The molecule has 1 aliphatic heterocycles. The quantitative estimate of drug-likeness (QED) is 0.749. The van der Waals surface area contributed by atoms with Gasteiger partial charge in [0.1, 0.15) is 5.82 Å². The second kappa shape index (κ2) is 5.73. The minimum atomic E-state index is -4.03. The second-order valence-electron chi connectivity index (χ2n) is 5.66. The molecule has 8 nitrogen and oxygen atoms in total. The molecule has 0 fully saturated rings. The Bertz CT molecular complexity index is 1120. The van der Waals surface area contributed by atoms with Crippen LogP contribution in [0.25, 0.3) is 0 Å². The SMILES string of the molecule is Cn1cc(Nc2ncc(F)c(N3Cc4cc(F)ccc4S3(=O)=O)n2)cn1. The second-order valence-corrected chi connectivity index (χ2v) is 7.49. The van der Waals surface area contributed by atoms with Crippen LogP contribution < -0.4 is 9.62 Å². The molecule has 3 heterocycles. The number of hydrogen-bond donors (Lipinski definition) is 1. The molecule has 11 heteroatoms. The van der Waals surface area contributed by atoms with Gasteiger partial charge in [-0.2, -0.15) is 10.1 Å². The summed E-state index contributed by atoms with van der Waals surface area (Å²) in [6, 6.07) is 3.32. The lowest BCUT2D eigenvalue weighted by atomic mass is 10.2. The molecule has 2 aromatic heterocycles. The van der Waals surface area contributed by atoms with E-state index in [1.807, 2.05) is 0 Å². The number of hydrogen-bond acceptors (Lipinski definition) is 6. The van der Waals surface area contributed by atoms with Crippen LogP contribution in [0.15, 0.2) is 41.7 Å². The van der Waals surface area contributed by atoms with E-state index in [1.165, 1.54) is 6.20 Å². The molecule has 0 saturated heterocycles. The molecular weight excluding hydrogens is 366 g/mol. The lowest BCUT2D eigenvalue weighted by Crippen LogP contribution is -2.26. The molecule has 0 unspecified atom stereocenters. The summed E-state index contributed by atoms with van der Waals surface area (Å²) in [5.74, 6) is -1.88. The van der Waals surface area contributed by atoms with Gasteiger partial charge in [-0.05, 0) is 23.8 Å². The van der Waals surface area contributed by atoms with E-state index in [0.29, 0.717) is 5.69 Å². The molecule has 1 N–H and O–H groups in total. The molecular formula is C15H12F2N6O2S. The molecule has 0 bridgehead atoms. The Labute approximate surface area is 147 Å². The Morgan fingerprint density at radius 3 is 2.77 bits per heavy atom. The predicted molar refractivity (Wildman–Crippen MR) is 88.2 cm³/mol. The zero-order valence-electron chi connectivity index (χ0n) is 13.4. The van der Waals surface area contributed by atoms with Crippen LogP contribution in [-0.2, 0) is 23.6 Å². The molecule has 134 valence electrons. The van der Waals surface area contributed by atoms with Crippen molar-refractivity contribution in [2.75, 3.05) is 9.62 Å². The number of anilines is 3. The smallest absolute Gasteiger partial charge is 0.266 e. The zero-order chi connectivity index (χ0) is 18.5. The minimum Gasteiger partial charge on any atom is -0.321 e. The number of sulfonamides is 1. The zero-order valence-corrected chi connectivity index (χ0v) is 14.2. The highest BCUT2D eigenvalue weighted by molar-refractivity contribution is 7.93. The Morgan fingerprint density at radius 1 is 1.23 bits per heavy atom. The summed E-state index contributed by atoms with van der Waals surface area (Å²) in [6.45, 7) is -0.213. The molecule has 0 aliphatic carbocycles. The summed E-state index contributed by atoms with van der Waals surface area (Å²) in [6.07, 6.45) is 4.04. The number of nitrogens with zero attached hydrogens (tertiary/aromatic N) is 5. The summed E-state index contributed by atoms with van der Waals surface area (Å²) in [4.78, 5) is 7.72. The maximum Gasteiger partial charge on any atom is 0.266 e. The number of rotatable bonds is 3. The van der Waals surface area contributed by atoms with E-state index in [2.05, 4.69) is 20.4 Å². The predicted octanol–water partition coefficient (Wildman–Crippen LogP) is 1.94. The van der Waals surface area contributed by atoms with Gasteiger partial charge in [-0.3, -0.25) is 4.68 Å². The van der Waals surface area contributed by atoms with E-state index in [9.17, 15) is 17.2 Å². The van der Waals surface area contributed by atoms with Crippen molar-refractivity contribution in [2.45, 2.75) is 11.4 Å². The van der Waals surface area contributed by atoms with Crippen LogP contribution >= 0.6 is 0 Å². The number of aromatic nitrogens is 4. The molecule has 1 aromatic carbocycles. The van der Waals surface area contributed by atoms with Crippen LogP contribution in [0.1, 0.15) is 5.56 Å². The fraction of sp³-hybridized carbons (Fsp3) is 0.133. The number of halogens is 2. The van der Waals surface area contributed by atoms with Crippen molar-refractivity contribution in [3.8, 4) is 0 Å². The van der Waals surface area contributed by atoms with E-state index < -0.39 is 27.5 Å². The maximum atomic E-state index is 14.3. The van der Waals surface area contributed by atoms with Crippen LogP contribution in [0, 0.1) is 11.6 Å². The van der Waals surface area contributed by atoms with Crippen molar-refractivity contribution >= 4 is 27.5 Å². The first-order valence-corrected chi connectivity index (χ1v) is 8.88. The molecule has 0 spiro atoms. The topological polar surface area (TPSA) is 93.0 Å². The van der Waals surface area contributed by atoms with Gasteiger partial charge < -0.3 is 5.32 Å². The summed E-state index contributed by atoms with van der Waals surface area (Å²) in [7, 11) is -2.31. The summed E-state index contributed by atoms with van der Waals surface area (Å²) in [5, 5.41) is 6.79. The highest BCUT2D eigenvalue weighted by Gasteiger charge is 2.37. The van der Waals surface area contributed by atoms with Gasteiger partial charge in [0, 0.05) is 13.2 Å². The van der Waals surface area contributed by atoms with Crippen LogP contribution in [0.4, 0.5) is 26.2 Å². The third kappa shape index (κ3) is 2.65. The van der Waals surface area contributed by atoms with Gasteiger partial charge in [-0.15, -0.1) is 0 Å². The fourth-order valence-corrected chi connectivity index (χ4v) is 4.28. The first-order chi connectivity index (χ1) is 12.3. The molecule has 0 amide bonds. The van der Waals surface area contributed by atoms with Crippen molar-refractivity contribution in [3.05, 3.63) is 54.0 Å². The number of fused-ring (bicyclic) bond motifs is 1. The summed E-state index contributed by atoms with van der Waals surface area (Å²) in [5.41, 5.74) is 0.796. The monoisotopic (exact) mass is 378 g/mol. The Morgan fingerprint density at radius 2 is 2.04 bits per heavy atom. The third-order valence-corrected chi connectivity index (χ3v) is 5.66. The molecule has 3 aromatic rings. The third-order valence-electron chi connectivity index (χ3n) is 3.83. The minimum absolute atomic E-state index is 0.00624. The van der Waals surface area contributed by atoms with Gasteiger partial charge >= 0.3 is 0 Å². The van der Waals surface area contributed by atoms with Crippen molar-refractivity contribution < 1.29 is 17.2 Å². The average molecular weight is 378 g/mol. The van der Waals surface area contributed by atoms with Crippen molar-refractivity contribution in [1.29, 1.82) is 0 Å². The van der Waals surface area contributed by atoms with E-state index in [-0.39, 0.29) is 23.0 Å². The Hall–Kier alpha value is -3.08. The molecule has 4 rings (SSSR count). The number of nitrogens with one attached hydrogen (secondary N) is 1. The van der Waals surface area contributed by atoms with Gasteiger partial charge in [0.25, 0.3) is 10.0 Å². The molecule has 0 atom stereocenters. The van der Waals surface area contributed by atoms with E-state index in [4.69, 9.17) is 0 Å². The van der Waals surface area contributed by atoms with Crippen LogP contribution in [0.2, 0.25) is 0 Å². The fourth-order valence-electron chi connectivity index (χ4n) is 2.68. The summed E-state index contributed by atoms with van der Waals surface area (Å²) < 4.78 is 55.3. The van der Waals surface area contributed by atoms with Gasteiger partial charge in [-0.25, -0.2) is 26.5 Å². The van der Waals surface area contributed by atoms with Gasteiger partial charge in [0.15, 0.2) is 11.6 Å². The van der Waals surface area contributed by atoms with Crippen LogP contribution in [0.5, 0.6) is 0 Å². The Kier molecular flexibility index (Phi) is 3.61. The standard InChI is InChI=1S/C15H12F2N6O2S/c1-22-8-11(5-19-22)20-15-18-6-12(17)14(21-15)23-7-9-4-10(16)2-3-13(9)26(23,24)25/h2-6,8H,7H2,1H3,(H,18,20,21). The molecule has 1 aliphatic rings. The Balaban J connectivity index is 1.73. The van der Waals surface area contributed by atoms with Crippen molar-refractivity contribution in [1.82, 2.24) is 19.7 Å². The van der Waals surface area contributed by atoms with E-state index >= 15 is 0 Å². The number of benzene rings is 1. The lowest BCUT2D eigenvalue weighted by molar-refractivity contribution is 0.587. The normalized spacial score (nSPS) is 15.1. The van der Waals surface area contributed by atoms with Gasteiger partial charge in [0.05, 0.1) is 29.5 Å². The lowest BCUT2D eigenvalue weighted by Gasteiger charge is -2.17. The first-order valence-electron chi connectivity index (χ1n) is 7.44. The molecule has 0 radical (unpaired) electrons.